The third-order valence-electron chi connectivity index (χ3n) is 9.96. The topological polar surface area (TPSA) is 147 Å². The van der Waals surface area contributed by atoms with Crippen LogP contribution in [-0.2, 0) is 0 Å². The van der Waals surface area contributed by atoms with Gasteiger partial charge in [-0.15, -0.1) is 0 Å². The van der Waals surface area contributed by atoms with E-state index in [1.54, 1.807) is 67.8 Å². The smallest absolute Gasteiger partial charge is 0.259 e. The minimum atomic E-state index is -1.35. The van der Waals surface area contributed by atoms with E-state index in [-0.39, 0.29) is 32.1 Å². The minimum absolute atomic E-state index is 0.0921. The number of nitrogens with zero attached hydrogens (tertiary/aromatic N) is 3. The van der Waals surface area contributed by atoms with E-state index in [2.05, 4.69) is 35.6 Å². The van der Waals surface area contributed by atoms with Gasteiger partial charge in [-0.3, -0.25) is 33.6 Å². The van der Waals surface area contributed by atoms with Crippen molar-refractivity contribution in [2.45, 2.75) is 45.6 Å². The number of hydrogen-bond donors (Lipinski definition) is 4. The van der Waals surface area contributed by atoms with E-state index in [0.717, 1.165) is 31.5 Å². The molecular weight excluding hydrogens is 715 g/mol. The molecule has 3 heterocycles. The van der Waals surface area contributed by atoms with Crippen molar-refractivity contribution in [1.82, 2.24) is 24.0 Å². The van der Waals surface area contributed by atoms with Gasteiger partial charge in [0.15, 0.2) is 9.54 Å². The SMILES string of the molecule is COc1cccc(-n2c(O)c(C(c3ccc(OC)c([C@@H](C)N4CCCC(C)(C)C4)c3)c3c(O)n(-c4cccc(OC)c4)c(=S)[nH]c3=O)c(=O)[nH]c2=S)c1. The highest BCUT2D eigenvalue weighted by Gasteiger charge is 2.35. The first-order chi connectivity index (χ1) is 25.3. The Kier molecular flexibility index (Phi) is 10.7. The van der Waals surface area contributed by atoms with Crippen LogP contribution in [0, 0.1) is 15.0 Å². The number of methoxy groups -OCH3 is 3. The van der Waals surface area contributed by atoms with Crippen molar-refractivity contribution in [3.63, 3.8) is 0 Å². The molecule has 1 fully saturated rings. The van der Waals surface area contributed by atoms with Crippen molar-refractivity contribution in [3.05, 3.63) is 119 Å². The molecule has 0 aliphatic carbocycles. The third kappa shape index (κ3) is 7.26. The average molecular weight is 758 g/mol. The largest absolute Gasteiger partial charge is 0.497 e. The van der Waals surface area contributed by atoms with Crippen LogP contribution in [0.5, 0.6) is 29.0 Å². The maximum absolute atomic E-state index is 14.2. The molecule has 0 unspecified atom stereocenters. The van der Waals surface area contributed by atoms with E-state index in [1.807, 2.05) is 6.07 Å². The summed E-state index contributed by atoms with van der Waals surface area (Å²) in [4.78, 5) is 36.1. The number of piperidine rings is 1. The number of nitrogens with one attached hydrogen (secondary N) is 2. The van der Waals surface area contributed by atoms with E-state index in [4.69, 9.17) is 38.6 Å². The lowest BCUT2D eigenvalue weighted by atomic mass is 9.82. The van der Waals surface area contributed by atoms with Crippen molar-refractivity contribution in [1.29, 1.82) is 0 Å². The predicted octanol–water partition coefficient (Wildman–Crippen LogP) is 6.90. The second kappa shape index (κ2) is 15.0. The number of aromatic nitrogens is 4. The maximum atomic E-state index is 14.2. The van der Waals surface area contributed by atoms with Gasteiger partial charge in [-0.2, -0.15) is 0 Å². The number of hydrogen-bond acceptors (Lipinski definition) is 10. The third-order valence-corrected chi connectivity index (χ3v) is 10.5. The molecule has 0 amide bonds. The van der Waals surface area contributed by atoms with Crippen LogP contribution in [0.4, 0.5) is 0 Å². The van der Waals surface area contributed by atoms with E-state index >= 15 is 0 Å². The minimum Gasteiger partial charge on any atom is -0.497 e. The zero-order chi connectivity index (χ0) is 38.2. The standard InChI is InChI=1S/C39H43N5O7S2/c1-22(42-17-9-16-39(2,3)21-42)28-18-23(14-15-29(28)51-6)30(31-33(45)40-37(52)43(35(31)47)24-10-7-12-26(19-24)49-4)32-34(46)41-38(53)44(36(32)48)25-11-8-13-27(20-25)50-5/h7-8,10-15,18-20,22,30,47-48H,9,16-17,21H2,1-6H3,(H,40,45,52)(H,41,46,53)/t22-/m1/s1. The van der Waals surface area contributed by atoms with Crippen LogP contribution < -0.4 is 25.3 Å². The van der Waals surface area contributed by atoms with Crippen molar-refractivity contribution in [2.75, 3.05) is 34.4 Å². The molecule has 0 saturated carbocycles. The summed E-state index contributed by atoms with van der Waals surface area (Å²) < 4.78 is 19.1. The Hall–Kier alpha value is -5.18. The second-order valence-electron chi connectivity index (χ2n) is 13.9. The molecule has 1 aliphatic heterocycles. The van der Waals surface area contributed by atoms with Crippen LogP contribution in [0.15, 0.2) is 76.3 Å². The summed E-state index contributed by atoms with van der Waals surface area (Å²) in [6.07, 6.45) is 2.14. The summed E-state index contributed by atoms with van der Waals surface area (Å²) in [6, 6.07) is 18.8. The highest BCUT2D eigenvalue weighted by atomic mass is 32.1. The van der Waals surface area contributed by atoms with Crippen molar-refractivity contribution < 1.29 is 24.4 Å². The van der Waals surface area contributed by atoms with Gasteiger partial charge < -0.3 is 24.4 Å². The normalized spacial score (nSPS) is 14.9. The van der Waals surface area contributed by atoms with Gasteiger partial charge in [0.2, 0.25) is 11.8 Å². The summed E-state index contributed by atoms with van der Waals surface area (Å²) >= 11 is 11.1. The van der Waals surface area contributed by atoms with E-state index < -0.39 is 28.8 Å². The van der Waals surface area contributed by atoms with Gasteiger partial charge in [-0.05, 0) is 98.1 Å². The number of likely N-dealkylation sites (tertiary alicyclic amines) is 1. The Labute approximate surface area is 316 Å². The second-order valence-corrected chi connectivity index (χ2v) is 14.7. The molecule has 0 spiro atoms. The molecule has 12 nitrogen and oxygen atoms in total. The van der Waals surface area contributed by atoms with Crippen LogP contribution in [0.3, 0.4) is 0 Å². The molecule has 5 aromatic rings. The number of aromatic hydroxyl groups is 2. The van der Waals surface area contributed by atoms with Crippen LogP contribution in [-0.4, -0.2) is 68.6 Å². The highest BCUT2D eigenvalue weighted by Crippen LogP contribution is 2.42. The molecular formula is C39H43N5O7S2. The lowest BCUT2D eigenvalue weighted by molar-refractivity contribution is 0.0835. The summed E-state index contributed by atoms with van der Waals surface area (Å²) in [5.41, 5.74) is 0.143. The summed E-state index contributed by atoms with van der Waals surface area (Å²) in [5, 5.41) is 24.3. The quantitative estimate of drug-likeness (QED) is 0.111. The average Bonchev–Trinajstić information content (AvgIpc) is 3.13. The number of ether oxygens (including phenoxy) is 3. The van der Waals surface area contributed by atoms with E-state index in [1.165, 1.54) is 23.4 Å². The molecule has 1 saturated heterocycles. The Morgan fingerprint density at radius 1 is 0.774 bits per heavy atom. The molecule has 53 heavy (non-hydrogen) atoms. The van der Waals surface area contributed by atoms with Crippen molar-refractivity contribution in [3.8, 4) is 40.4 Å². The number of benzene rings is 3. The van der Waals surface area contributed by atoms with Gasteiger partial charge in [0.1, 0.15) is 17.2 Å². The van der Waals surface area contributed by atoms with Crippen molar-refractivity contribution >= 4 is 24.4 Å². The van der Waals surface area contributed by atoms with Crippen LogP contribution in [0.1, 0.15) is 67.8 Å². The molecule has 278 valence electrons. The molecule has 4 N–H and O–H groups in total. The molecule has 0 bridgehead atoms. The lowest BCUT2D eigenvalue weighted by Crippen LogP contribution is -2.41. The Morgan fingerprint density at radius 2 is 1.30 bits per heavy atom. The summed E-state index contributed by atoms with van der Waals surface area (Å²) in [7, 11) is 4.61. The molecule has 1 atom stereocenters. The van der Waals surface area contributed by atoms with Gasteiger partial charge in [-0.25, -0.2) is 0 Å². The summed E-state index contributed by atoms with van der Waals surface area (Å²) in [5.74, 6) is -0.838. The van der Waals surface area contributed by atoms with Crippen LogP contribution in [0.25, 0.3) is 11.4 Å². The Balaban J connectivity index is 1.67. The Morgan fingerprint density at radius 3 is 1.77 bits per heavy atom. The Bertz CT molecular complexity index is 2290. The summed E-state index contributed by atoms with van der Waals surface area (Å²) in [6.45, 7) is 8.33. The first-order valence-corrected chi connectivity index (χ1v) is 18.0. The van der Waals surface area contributed by atoms with Gasteiger partial charge in [0.05, 0.1) is 49.7 Å². The van der Waals surface area contributed by atoms with Crippen molar-refractivity contribution in [2.24, 2.45) is 5.41 Å². The van der Waals surface area contributed by atoms with Gasteiger partial charge in [-0.1, -0.05) is 32.0 Å². The molecule has 6 rings (SSSR count). The fraction of sp³-hybridized carbons (Fsp3) is 0.333. The monoisotopic (exact) mass is 757 g/mol. The molecule has 1 aliphatic rings. The first kappa shape index (κ1) is 37.6. The molecule has 0 radical (unpaired) electrons. The van der Waals surface area contributed by atoms with Gasteiger partial charge >= 0.3 is 0 Å². The first-order valence-electron chi connectivity index (χ1n) is 17.2. The lowest BCUT2D eigenvalue weighted by Gasteiger charge is -2.41. The van der Waals surface area contributed by atoms with Crippen LogP contribution >= 0.6 is 24.4 Å². The fourth-order valence-corrected chi connectivity index (χ4v) is 7.88. The zero-order valence-corrected chi connectivity index (χ0v) is 32.1. The predicted molar refractivity (Wildman–Crippen MR) is 208 cm³/mol. The van der Waals surface area contributed by atoms with Crippen LogP contribution in [0.2, 0.25) is 0 Å². The number of H-pyrrole nitrogens is 2. The molecule has 14 heteroatoms. The van der Waals surface area contributed by atoms with E-state index in [0.29, 0.717) is 34.2 Å². The highest BCUT2D eigenvalue weighted by molar-refractivity contribution is 7.71. The van der Waals surface area contributed by atoms with Gasteiger partial charge in [0, 0.05) is 30.3 Å². The maximum Gasteiger partial charge on any atom is 0.259 e. The number of rotatable bonds is 10. The van der Waals surface area contributed by atoms with Gasteiger partial charge in [0.25, 0.3) is 11.1 Å². The van der Waals surface area contributed by atoms with E-state index in [9.17, 15) is 19.8 Å². The zero-order valence-electron chi connectivity index (χ0n) is 30.4. The molecule has 2 aromatic heterocycles. The number of aromatic amines is 2. The fourth-order valence-electron chi connectivity index (χ4n) is 7.31. The molecule has 3 aromatic carbocycles.